The van der Waals surface area contributed by atoms with E-state index >= 15 is 0 Å². The number of benzene rings is 1. The molecule has 0 bridgehead atoms. The van der Waals surface area contributed by atoms with Crippen LogP contribution in [0.3, 0.4) is 0 Å². The Bertz CT molecular complexity index is 441. The maximum absolute atomic E-state index is 14.1. The van der Waals surface area contributed by atoms with Gasteiger partial charge in [-0.05, 0) is 48.5 Å². The van der Waals surface area contributed by atoms with Gasteiger partial charge in [0.05, 0.1) is 10.6 Å². The normalized spacial score (nSPS) is 25.4. The zero-order chi connectivity index (χ0) is 13.3. The zero-order valence-electron chi connectivity index (χ0n) is 10.3. The fraction of sp³-hybridized carbons (Fsp3) is 0.538. The van der Waals surface area contributed by atoms with Crippen molar-refractivity contribution in [2.24, 2.45) is 5.92 Å². The van der Waals surface area contributed by atoms with Crippen molar-refractivity contribution in [3.63, 3.8) is 0 Å². The highest BCUT2D eigenvalue weighted by Crippen LogP contribution is 2.36. The summed E-state index contributed by atoms with van der Waals surface area (Å²) >= 11 is 3.10. The monoisotopic (exact) mass is 319 g/mol. The van der Waals surface area contributed by atoms with Gasteiger partial charge in [0, 0.05) is 24.1 Å². The molecule has 0 aromatic heterocycles. The third-order valence-corrected chi connectivity index (χ3v) is 4.18. The van der Waals surface area contributed by atoms with Crippen molar-refractivity contribution in [3.05, 3.63) is 33.8 Å². The van der Waals surface area contributed by atoms with Gasteiger partial charge in [-0.3, -0.25) is 0 Å². The molecule has 5 heteroatoms. The van der Waals surface area contributed by atoms with Crippen molar-refractivity contribution in [3.8, 4) is 0 Å². The summed E-state index contributed by atoms with van der Waals surface area (Å²) in [6.45, 7) is 2.58. The van der Waals surface area contributed by atoms with Crippen LogP contribution in [0.1, 0.15) is 24.9 Å². The fourth-order valence-electron chi connectivity index (χ4n) is 2.59. The van der Waals surface area contributed by atoms with E-state index in [0.717, 1.165) is 6.42 Å². The SMILES string of the molecule is CNC(c1c(F)ccc(Br)c1F)C1CCOC1C. The van der Waals surface area contributed by atoms with Crippen LogP contribution in [0.25, 0.3) is 0 Å². The Hall–Kier alpha value is -0.520. The first-order valence-corrected chi connectivity index (χ1v) is 6.77. The van der Waals surface area contributed by atoms with Crippen LogP contribution in [0.5, 0.6) is 0 Å². The van der Waals surface area contributed by atoms with Crippen LogP contribution in [0.4, 0.5) is 8.78 Å². The molecule has 3 atom stereocenters. The van der Waals surface area contributed by atoms with Crippen LogP contribution in [-0.4, -0.2) is 19.8 Å². The van der Waals surface area contributed by atoms with E-state index in [2.05, 4.69) is 21.2 Å². The summed E-state index contributed by atoms with van der Waals surface area (Å²) in [6, 6.07) is 2.29. The molecule has 0 saturated carbocycles. The van der Waals surface area contributed by atoms with Crippen molar-refractivity contribution in [2.45, 2.75) is 25.5 Å². The predicted molar refractivity (Wildman–Crippen MR) is 69.4 cm³/mol. The summed E-state index contributed by atoms with van der Waals surface area (Å²) in [5, 5.41) is 3.02. The van der Waals surface area contributed by atoms with Crippen LogP contribution in [0.15, 0.2) is 16.6 Å². The van der Waals surface area contributed by atoms with Gasteiger partial charge < -0.3 is 10.1 Å². The minimum atomic E-state index is -0.534. The van der Waals surface area contributed by atoms with E-state index in [4.69, 9.17) is 4.74 Å². The third kappa shape index (κ3) is 2.44. The van der Waals surface area contributed by atoms with E-state index in [1.54, 1.807) is 7.05 Å². The Morgan fingerprint density at radius 1 is 1.44 bits per heavy atom. The molecule has 1 aliphatic rings. The Labute approximate surface area is 114 Å². The highest BCUT2D eigenvalue weighted by molar-refractivity contribution is 9.10. The van der Waals surface area contributed by atoms with Crippen LogP contribution in [0.2, 0.25) is 0 Å². The maximum Gasteiger partial charge on any atom is 0.145 e. The lowest BCUT2D eigenvalue weighted by Crippen LogP contribution is -2.31. The Balaban J connectivity index is 2.41. The maximum atomic E-state index is 14.1. The highest BCUT2D eigenvalue weighted by Gasteiger charge is 2.35. The van der Waals surface area contributed by atoms with Crippen molar-refractivity contribution >= 4 is 15.9 Å². The van der Waals surface area contributed by atoms with Gasteiger partial charge in [0.2, 0.25) is 0 Å². The topological polar surface area (TPSA) is 21.3 Å². The lowest BCUT2D eigenvalue weighted by molar-refractivity contribution is 0.0954. The molecule has 1 fully saturated rings. The first kappa shape index (κ1) is 13.9. The van der Waals surface area contributed by atoms with E-state index in [1.165, 1.54) is 12.1 Å². The standard InChI is InChI=1S/C13H16BrF2NO/c1-7-8(5-6-18-7)13(17-2)11-10(15)4-3-9(14)12(11)16/h3-4,7-8,13,17H,5-6H2,1-2H3. The van der Waals surface area contributed by atoms with Crippen molar-refractivity contribution in [2.75, 3.05) is 13.7 Å². The van der Waals surface area contributed by atoms with Gasteiger partial charge in [0.25, 0.3) is 0 Å². The second-order valence-corrected chi connectivity index (χ2v) is 5.41. The fourth-order valence-corrected chi connectivity index (χ4v) is 2.93. The van der Waals surface area contributed by atoms with Gasteiger partial charge in [-0.25, -0.2) is 8.78 Å². The van der Waals surface area contributed by atoms with Gasteiger partial charge in [0.15, 0.2) is 0 Å². The Morgan fingerprint density at radius 2 is 2.17 bits per heavy atom. The van der Waals surface area contributed by atoms with Crippen LogP contribution >= 0.6 is 15.9 Å². The number of ether oxygens (including phenoxy) is 1. The van der Waals surface area contributed by atoms with Crippen molar-refractivity contribution in [1.29, 1.82) is 0 Å². The molecular weight excluding hydrogens is 304 g/mol. The molecule has 3 unspecified atom stereocenters. The number of nitrogens with one attached hydrogen (secondary N) is 1. The van der Waals surface area contributed by atoms with Crippen molar-refractivity contribution in [1.82, 2.24) is 5.32 Å². The molecule has 100 valence electrons. The van der Waals surface area contributed by atoms with Gasteiger partial charge in [0.1, 0.15) is 11.6 Å². The average molecular weight is 320 g/mol. The molecule has 1 aromatic carbocycles. The Kier molecular flexibility index (Phi) is 4.35. The third-order valence-electron chi connectivity index (χ3n) is 3.56. The molecule has 2 nitrogen and oxygen atoms in total. The molecule has 0 amide bonds. The number of hydrogen-bond donors (Lipinski definition) is 1. The van der Waals surface area contributed by atoms with Gasteiger partial charge in [-0.2, -0.15) is 0 Å². The molecule has 0 radical (unpaired) electrons. The Morgan fingerprint density at radius 3 is 2.72 bits per heavy atom. The lowest BCUT2D eigenvalue weighted by Gasteiger charge is -2.26. The molecule has 1 saturated heterocycles. The van der Waals surface area contributed by atoms with E-state index in [-0.39, 0.29) is 28.1 Å². The first-order valence-electron chi connectivity index (χ1n) is 5.98. The van der Waals surface area contributed by atoms with E-state index in [0.29, 0.717) is 6.61 Å². The van der Waals surface area contributed by atoms with Gasteiger partial charge >= 0.3 is 0 Å². The number of halogens is 3. The summed E-state index contributed by atoms with van der Waals surface area (Å²) < 4.78 is 33.8. The summed E-state index contributed by atoms with van der Waals surface area (Å²) in [6.07, 6.45) is 0.804. The quantitative estimate of drug-likeness (QED) is 0.862. The molecule has 1 heterocycles. The molecule has 1 N–H and O–H groups in total. The molecule has 18 heavy (non-hydrogen) atoms. The summed E-state index contributed by atoms with van der Waals surface area (Å²) in [5.41, 5.74) is 0.0919. The van der Waals surface area contributed by atoms with Crippen LogP contribution < -0.4 is 5.32 Å². The van der Waals surface area contributed by atoms with Gasteiger partial charge in [-0.15, -0.1) is 0 Å². The molecule has 2 rings (SSSR count). The summed E-state index contributed by atoms with van der Waals surface area (Å²) in [5.74, 6) is -0.976. The summed E-state index contributed by atoms with van der Waals surface area (Å²) in [4.78, 5) is 0. The molecule has 0 spiro atoms. The summed E-state index contributed by atoms with van der Waals surface area (Å²) in [7, 11) is 1.72. The van der Waals surface area contributed by atoms with Crippen LogP contribution in [0, 0.1) is 17.6 Å². The van der Waals surface area contributed by atoms with E-state index < -0.39 is 11.6 Å². The second-order valence-electron chi connectivity index (χ2n) is 4.55. The largest absolute Gasteiger partial charge is 0.378 e. The minimum Gasteiger partial charge on any atom is -0.378 e. The number of hydrogen-bond acceptors (Lipinski definition) is 2. The first-order chi connectivity index (χ1) is 8.56. The van der Waals surface area contributed by atoms with Crippen molar-refractivity contribution < 1.29 is 13.5 Å². The lowest BCUT2D eigenvalue weighted by atomic mass is 9.88. The highest BCUT2D eigenvalue weighted by atomic mass is 79.9. The average Bonchev–Trinajstić information content (AvgIpc) is 2.76. The smallest absolute Gasteiger partial charge is 0.145 e. The van der Waals surface area contributed by atoms with E-state index in [9.17, 15) is 8.78 Å². The molecule has 0 aliphatic carbocycles. The zero-order valence-corrected chi connectivity index (χ0v) is 11.9. The molecule has 1 aliphatic heterocycles. The molecule has 1 aromatic rings. The van der Waals surface area contributed by atoms with Crippen LogP contribution in [-0.2, 0) is 4.74 Å². The van der Waals surface area contributed by atoms with E-state index in [1.807, 2.05) is 6.92 Å². The molecular formula is C13H16BrF2NO. The minimum absolute atomic E-state index is 0.000214. The number of rotatable bonds is 3. The second kappa shape index (κ2) is 5.63. The predicted octanol–water partition coefficient (Wildman–Crippen LogP) is 3.41. The van der Waals surface area contributed by atoms with Gasteiger partial charge in [-0.1, -0.05) is 0 Å².